The topological polar surface area (TPSA) is 77.7 Å². The van der Waals surface area contributed by atoms with E-state index in [2.05, 4.69) is 16.6 Å². The molecule has 7 heteroatoms. The summed E-state index contributed by atoms with van der Waals surface area (Å²) in [6.07, 6.45) is 1.76. The van der Waals surface area contributed by atoms with Crippen molar-refractivity contribution in [3.05, 3.63) is 90.5 Å². The van der Waals surface area contributed by atoms with E-state index in [1.54, 1.807) is 32.4 Å². The molecule has 0 aliphatic heterocycles. The summed E-state index contributed by atoms with van der Waals surface area (Å²) in [4.78, 5) is 12.5. The van der Waals surface area contributed by atoms with Crippen molar-refractivity contribution in [2.45, 2.75) is 13.0 Å². The minimum absolute atomic E-state index is 0.214. The fourth-order valence-corrected chi connectivity index (χ4v) is 3.56. The van der Waals surface area contributed by atoms with Gasteiger partial charge in [-0.05, 0) is 29.8 Å². The Hall–Kier alpha value is -4.39. The highest BCUT2D eigenvalue weighted by molar-refractivity contribution is 5.85. The van der Waals surface area contributed by atoms with Crippen LogP contribution >= 0.6 is 0 Å². The number of hydrazone groups is 1. The SMILES string of the molecule is COc1ccc(OC)c(C=NNC(=O)CCn2nc(-c3ccccc3)cc2-c2ccccc2)c1. The number of rotatable bonds is 9. The van der Waals surface area contributed by atoms with Gasteiger partial charge in [0, 0.05) is 17.5 Å². The zero-order valence-corrected chi connectivity index (χ0v) is 19.1. The molecular weight excluding hydrogens is 428 g/mol. The number of aromatic nitrogens is 2. The van der Waals surface area contributed by atoms with E-state index in [0.717, 1.165) is 22.5 Å². The van der Waals surface area contributed by atoms with Crippen molar-refractivity contribution >= 4 is 12.1 Å². The maximum Gasteiger partial charge on any atom is 0.241 e. The summed E-state index contributed by atoms with van der Waals surface area (Å²) in [6.45, 7) is 0.418. The number of carbonyl (C=O) groups is 1. The first-order valence-electron chi connectivity index (χ1n) is 10.9. The second kappa shape index (κ2) is 11.0. The van der Waals surface area contributed by atoms with Crippen LogP contribution in [0.15, 0.2) is 90.0 Å². The van der Waals surface area contributed by atoms with Crippen molar-refractivity contribution in [1.82, 2.24) is 15.2 Å². The molecule has 0 spiro atoms. The molecule has 34 heavy (non-hydrogen) atoms. The third kappa shape index (κ3) is 5.50. The smallest absolute Gasteiger partial charge is 0.241 e. The molecule has 0 unspecified atom stereocenters. The lowest BCUT2D eigenvalue weighted by molar-refractivity contribution is -0.121. The van der Waals surface area contributed by atoms with Gasteiger partial charge in [0.15, 0.2) is 0 Å². The van der Waals surface area contributed by atoms with Crippen LogP contribution in [0.3, 0.4) is 0 Å². The molecule has 1 heterocycles. The molecule has 0 radical (unpaired) electrons. The summed E-state index contributed by atoms with van der Waals surface area (Å²) in [5.41, 5.74) is 7.17. The number of benzene rings is 3. The fraction of sp³-hybridized carbons (Fsp3) is 0.148. The molecule has 7 nitrogen and oxygen atoms in total. The molecule has 4 aromatic rings. The predicted molar refractivity (Wildman–Crippen MR) is 133 cm³/mol. The predicted octanol–water partition coefficient (Wildman–Crippen LogP) is 4.77. The van der Waals surface area contributed by atoms with E-state index in [4.69, 9.17) is 14.6 Å². The van der Waals surface area contributed by atoms with Crippen molar-refractivity contribution in [2.24, 2.45) is 5.10 Å². The van der Waals surface area contributed by atoms with Crippen LogP contribution in [0, 0.1) is 0 Å². The number of hydrogen-bond donors (Lipinski definition) is 1. The van der Waals surface area contributed by atoms with E-state index in [1.165, 1.54) is 6.21 Å². The minimum Gasteiger partial charge on any atom is -0.497 e. The van der Waals surface area contributed by atoms with Crippen LogP contribution in [-0.4, -0.2) is 36.1 Å². The third-order valence-corrected chi connectivity index (χ3v) is 5.30. The molecule has 0 bridgehead atoms. The molecule has 1 amide bonds. The van der Waals surface area contributed by atoms with Crippen LogP contribution in [0.1, 0.15) is 12.0 Å². The molecule has 0 saturated carbocycles. The Morgan fingerprint density at radius 1 is 0.941 bits per heavy atom. The molecular formula is C27H26N4O3. The molecule has 1 N–H and O–H groups in total. The number of carbonyl (C=O) groups excluding carboxylic acids is 1. The molecule has 0 saturated heterocycles. The number of amides is 1. The van der Waals surface area contributed by atoms with Gasteiger partial charge in [-0.1, -0.05) is 60.7 Å². The van der Waals surface area contributed by atoms with Gasteiger partial charge in [-0.15, -0.1) is 0 Å². The largest absolute Gasteiger partial charge is 0.497 e. The van der Waals surface area contributed by atoms with Crippen LogP contribution in [0.5, 0.6) is 11.5 Å². The van der Waals surface area contributed by atoms with Crippen molar-refractivity contribution in [3.63, 3.8) is 0 Å². The van der Waals surface area contributed by atoms with Gasteiger partial charge in [-0.2, -0.15) is 10.2 Å². The number of hydrogen-bond acceptors (Lipinski definition) is 5. The summed E-state index contributed by atoms with van der Waals surface area (Å²) in [5.74, 6) is 1.10. The van der Waals surface area contributed by atoms with Crippen LogP contribution in [0.25, 0.3) is 22.5 Å². The molecule has 1 aromatic heterocycles. The van der Waals surface area contributed by atoms with Crippen molar-refractivity contribution in [3.8, 4) is 34.0 Å². The van der Waals surface area contributed by atoms with Crippen LogP contribution in [0.4, 0.5) is 0 Å². The monoisotopic (exact) mass is 454 g/mol. The van der Waals surface area contributed by atoms with Gasteiger partial charge in [0.05, 0.1) is 38.4 Å². The maximum atomic E-state index is 12.5. The zero-order chi connectivity index (χ0) is 23.8. The Morgan fingerprint density at radius 2 is 1.65 bits per heavy atom. The number of nitrogens with one attached hydrogen (secondary N) is 1. The van der Waals surface area contributed by atoms with Gasteiger partial charge in [-0.25, -0.2) is 5.43 Å². The Kier molecular flexibility index (Phi) is 7.35. The van der Waals surface area contributed by atoms with E-state index in [1.807, 2.05) is 65.3 Å². The van der Waals surface area contributed by atoms with Crippen LogP contribution < -0.4 is 14.9 Å². The van der Waals surface area contributed by atoms with Gasteiger partial charge in [0.2, 0.25) is 5.91 Å². The van der Waals surface area contributed by atoms with Gasteiger partial charge < -0.3 is 9.47 Å². The number of ether oxygens (including phenoxy) is 2. The Balaban J connectivity index is 1.46. The lowest BCUT2D eigenvalue weighted by Gasteiger charge is -2.08. The molecule has 0 atom stereocenters. The average molecular weight is 455 g/mol. The maximum absolute atomic E-state index is 12.5. The standard InChI is InChI=1S/C27H26N4O3/c1-33-23-13-14-26(34-2)22(17-23)19-28-29-27(32)15-16-31-25(21-11-7-4-8-12-21)18-24(30-31)20-9-5-3-6-10-20/h3-14,17-19H,15-16H2,1-2H3,(H,29,32). The summed E-state index contributed by atoms with van der Waals surface area (Å²) < 4.78 is 12.4. The highest BCUT2D eigenvalue weighted by Crippen LogP contribution is 2.26. The zero-order valence-electron chi connectivity index (χ0n) is 19.1. The summed E-state index contributed by atoms with van der Waals surface area (Å²) >= 11 is 0. The van der Waals surface area contributed by atoms with Crippen molar-refractivity contribution in [1.29, 1.82) is 0 Å². The van der Waals surface area contributed by atoms with Gasteiger partial charge in [0.25, 0.3) is 0 Å². The molecule has 0 aliphatic carbocycles. The summed E-state index contributed by atoms with van der Waals surface area (Å²) in [6, 6.07) is 27.4. The number of aryl methyl sites for hydroxylation is 1. The van der Waals surface area contributed by atoms with E-state index in [0.29, 0.717) is 23.6 Å². The number of nitrogens with zero attached hydrogens (tertiary/aromatic N) is 3. The van der Waals surface area contributed by atoms with Gasteiger partial charge in [-0.3, -0.25) is 9.48 Å². The third-order valence-electron chi connectivity index (χ3n) is 5.30. The number of methoxy groups -OCH3 is 2. The Morgan fingerprint density at radius 3 is 2.32 bits per heavy atom. The second-order valence-corrected chi connectivity index (χ2v) is 7.52. The Bertz CT molecular complexity index is 1270. The Labute approximate surface area is 198 Å². The van der Waals surface area contributed by atoms with Crippen molar-refractivity contribution < 1.29 is 14.3 Å². The molecule has 3 aromatic carbocycles. The van der Waals surface area contributed by atoms with Gasteiger partial charge >= 0.3 is 0 Å². The summed E-state index contributed by atoms with van der Waals surface area (Å²) in [5, 5.41) is 8.85. The van der Waals surface area contributed by atoms with Crippen molar-refractivity contribution in [2.75, 3.05) is 14.2 Å². The molecule has 0 aliphatic rings. The minimum atomic E-state index is -0.214. The quantitative estimate of drug-likeness (QED) is 0.292. The lowest BCUT2D eigenvalue weighted by Crippen LogP contribution is -2.20. The fourth-order valence-electron chi connectivity index (χ4n) is 3.56. The molecule has 4 rings (SSSR count). The first-order chi connectivity index (χ1) is 16.7. The van der Waals surface area contributed by atoms with E-state index in [9.17, 15) is 4.79 Å². The molecule has 0 fully saturated rings. The second-order valence-electron chi connectivity index (χ2n) is 7.52. The van der Waals surface area contributed by atoms with E-state index in [-0.39, 0.29) is 12.3 Å². The lowest BCUT2D eigenvalue weighted by atomic mass is 10.1. The first-order valence-corrected chi connectivity index (χ1v) is 10.9. The average Bonchev–Trinajstić information content (AvgIpc) is 3.33. The molecule has 172 valence electrons. The van der Waals surface area contributed by atoms with Crippen LogP contribution in [-0.2, 0) is 11.3 Å². The van der Waals surface area contributed by atoms with Crippen LogP contribution in [0.2, 0.25) is 0 Å². The highest BCUT2D eigenvalue weighted by atomic mass is 16.5. The normalized spacial score (nSPS) is 10.9. The first kappa shape index (κ1) is 22.8. The van der Waals surface area contributed by atoms with E-state index >= 15 is 0 Å². The highest BCUT2D eigenvalue weighted by Gasteiger charge is 2.12. The summed E-state index contributed by atoms with van der Waals surface area (Å²) in [7, 11) is 3.17. The van der Waals surface area contributed by atoms with E-state index < -0.39 is 0 Å². The van der Waals surface area contributed by atoms with Gasteiger partial charge in [0.1, 0.15) is 11.5 Å².